The highest BCUT2D eigenvalue weighted by Crippen LogP contribution is 2.45. The van der Waals surface area contributed by atoms with Gasteiger partial charge in [0.1, 0.15) is 0 Å². The maximum atomic E-state index is 6.14. The summed E-state index contributed by atoms with van der Waals surface area (Å²) in [5.74, 6) is 1.40. The lowest BCUT2D eigenvalue weighted by Crippen LogP contribution is -2.33. The molecule has 1 aromatic carbocycles. The number of nitrogens with two attached hydrogens (primary N) is 1. The Morgan fingerprint density at radius 3 is 2.87 bits per heavy atom. The van der Waals surface area contributed by atoms with Gasteiger partial charge in [0.05, 0.1) is 0 Å². The minimum atomic E-state index is 0.429. The van der Waals surface area contributed by atoms with Crippen molar-refractivity contribution in [2.24, 2.45) is 17.6 Å². The number of hydrogen-bond acceptors (Lipinski definition) is 2. The molecular formula is C12H15ClN2. The first-order valence-corrected chi connectivity index (χ1v) is 5.87. The maximum Gasteiger partial charge on any atom is 0.0438 e. The van der Waals surface area contributed by atoms with Crippen molar-refractivity contribution in [2.75, 3.05) is 6.54 Å². The Morgan fingerprint density at radius 2 is 2.20 bits per heavy atom. The molecule has 0 radical (unpaired) electrons. The van der Waals surface area contributed by atoms with Crippen LogP contribution in [0.2, 0.25) is 5.02 Å². The predicted molar refractivity (Wildman–Crippen MR) is 61.9 cm³/mol. The fraction of sp³-hybridized carbons (Fsp3) is 0.500. The monoisotopic (exact) mass is 222 g/mol. The Hall–Kier alpha value is -0.570. The first-order valence-electron chi connectivity index (χ1n) is 5.50. The largest absolute Gasteiger partial charge is 0.327 e. The standard InChI is InChI=1S/C12H15ClN2/c13-9-4-2-1-3-7(9)5-10-11-8(6-15-10)12(11)14/h1-4,8,10-12,15H,5-6,14H2. The van der Waals surface area contributed by atoms with E-state index in [9.17, 15) is 0 Å². The lowest BCUT2D eigenvalue weighted by atomic mass is 10.0. The first kappa shape index (κ1) is 9.64. The molecule has 1 saturated heterocycles. The smallest absolute Gasteiger partial charge is 0.0438 e. The molecule has 3 heteroatoms. The summed E-state index contributed by atoms with van der Waals surface area (Å²) in [5, 5.41) is 4.40. The maximum absolute atomic E-state index is 6.14. The van der Waals surface area contributed by atoms with Crippen molar-refractivity contribution in [3.8, 4) is 0 Å². The van der Waals surface area contributed by atoms with E-state index in [2.05, 4.69) is 11.4 Å². The highest BCUT2D eigenvalue weighted by Gasteiger charge is 2.55. The SMILES string of the molecule is NC1C2CNC(Cc3ccccc3Cl)C12. The summed E-state index contributed by atoms with van der Waals surface area (Å²) in [6.07, 6.45) is 1.01. The number of fused-ring (bicyclic) bond motifs is 1. The second kappa shape index (κ2) is 3.48. The molecule has 0 bridgehead atoms. The second-order valence-corrected chi connectivity index (χ2v) is 5.04. The normalized spacial score (nSPS) is 37.7. The van der Waals surface area contributed by atoms with Crippen LogP contribution in [0.5, 0.6) is 0 Å². The van der Waals surface area contributed by atoms with E-state index >= 15 is 0 Å². The predicted octanol–water partition coefficient (Wildman–Crippen LogP) is 1.43. The summed E-state index contributed by atoms with van der Waals surface area (Å²) >= 11 is 6.14. The van der Waals surface area contributed by atoms with Crippen LogP contribution in [-0.4, -0.2) is 18.6 Å². The average molecular weight is 223 g/mol. The van der Waals surface area contributed by atoms with Gasteiger partial charge in [0.2, 0.25) is 0 Å². The zero-order valence-corrected chi connectivity index (χ0v) is 9.24. The van der Waals surface area contributed by atoms with E-state index in [0.29, 0.717) is 18.0 Å². The number of piperidine rings is 1. The Kier molecular flexibility index (Phi) is 2.23. The van der Waals surface area contributed by atoms with Crippen LogP contribution in [0.1, 0.15) is 5.56 Å². The van der Waals surface area contributed by atoms with E-state index in [-0.39, 0.29) is 0 Å². The number of nitrogens with one attached hydrogen (secondary N) is 1. The molecule has 4 atom stereocenters. The highest BCUT2D eigenvalue weighted by molar-refractivity contribution is 6.31. The molecule has 0 aromatic heterocycles. The second-order valence-electron chi connectivity index (χ2n) is 4.63. The molecule has 1 aromatic rings. The van der Waals surface area contributed by atoms with E-state index in [4.69, 9.17) is 17.3 Å². The lowest BCUT2D eigenvalue weighted by Gasteiger charge is -2.15. The Morgan fingerprint density at radius 1 is 1.40 bits per heavy atom. The van der Waals surface area contributed by atoms with E-state index in [0.717, 1.165) is 23.9 Å². The number of benzene rings is 1. The zero-order valence-electron chi connectivity index (χ0n) is 8.49. The molecule has 1 saturated carbocycles. The fourth-order valence-electron chi connectivity index (χ4n) is 2.80. The molecule has 15 heavy (non-hydrogen) atoms. The quantitative estimate of drug-likeness (QED) is 0.795. The van der Waals surface area contributed by atoms with Crippen molar-refractivity contribution in [2.45, 2.75) is 18.5 Å². The molecule has 3 rings (SSSR count). The van der Waals surface area contributed by atoms with Gasteiger partial charge in [0, 0.05) is 23.7 Å². The van der Waals surface area contributed by atoms with Gasteiger partial charge < -0.3 is 11.1 Å². The fourth-order valence-corrected chi connectivity index (χ4v) is 3.01. The highest BCUT2D eigenvalue weighted by atomic mass is 35.5. The van der Waals surface area contributed by atoms with Crippen LogP contribution in [0, 0.1) is 11.8 Å². The molecule has 80 valence electrons. The molecule has 1 aliphatic carbocycles. The van der Waals surface area contributed by atoms with Gasteiger partial charge in [-0.2, -0.15) is 0 Å². The first-order chi connectivity index (χ1) is 7.27. The third kappa shape index (κ3) is 1.57. The average Bonchev–Trinajstić information content (AvgIpc) is 2.71. The van der Waals surface area contributed by atoms with Gasteiger partial charge in [-0.25, -0.2) is 0 Å². The molecule has 2 aliphatic rings. The summed E-state index contributed by atoms with van der Waals surface area (Å²) < 4.78 is 0. The van der Waals surface area contributed by atoms with Gasteiger partial charge in [-0.05, 0) is 29.9 Å². The molecule has 0 amide bonds. The van der Waals surface area contributed by atoms with E-state index < -0.39 is 0 Å². The van der Waals surface area contributed by atoms with E-state index in [1.807, 2.05) is 18.2 Å². The van der Waals surface area contributed by atoms with Crippen LogP contribution in [0.25, 0.3) is 0 Å². The third-order valence-corrected chi connectivity index (χ3v) is 4.14. The Balaban J connectivity index is 1.73. The van der Waals surface area contributed by atoms with Crippen molar-refractivity contribution in [1.82, 2.24) is 5.32 Å². The molecule has 1 heterocycles. The Bertz CT molecular complexity index is 380. The van der Waals surface area contributed by atoms with Crippen LogP contribution in [-0.2, 0) is 6.42 Å². The number of hydrogen-bond donors (Lipinski definition) is 2. The van der Waals surface area contributed by atoms with Crippen molar-refractivity contribution in [3.05, 3.63) is 34.9 Å². The molecule has 1 aliphatic heterocycles. The van der Waals surface area contributed by atoms with Gasteiger partial charge in [-0.1, -0.05) is 29.8 Å². The third-order valence-electron chi connectivity index (χ3n) is 3.77. The van der Waals surface area contributed by atoms with Gasteiger partial charge in [0.15, 0.2) is 0 Å². The molecule has 0 spiro atoms. The number of rotatable bonds is 2. The van der Waals surface area contributed by atoms with Crippen molar-refractivity contribution in [1.29, 1.82) is 0 Å². The summed E-state index contributed by atoms with van der Waals surface area (Å²) in [5.41, 5.74) is 7.21. The number of halogens is 1. The van der Waals surface area contributed by atoms with Crippen LogP contribution < -0.4 is 11.1 Å². The summed E-state index contributed by atoms with van der Waals surface area (Å²) in [6, 6.07) is 9.03. The van der Waals surface area contributed by atoms with Crippen molar-refractivity contribution < 1.29 is 0 Å². The molecule has 2 nitrogen and oxygen atoms in total. The van der Waals surface area contributed by atoms with Gasteiger partial charge in [-0.3, -0.25) is 0 Å². The zero-order chi connectivity index (χ0) is 10.4. The summed E-state index contributed by atoms with van der Waals surface area (Å²) in [6.45, 7) is 1.08. The van der Waals surface area contributed by atoms with Gasteiger partial charge in [-0.15, -0.1) is 0 Å². The minimum Gasteiger partial charge on any atom is -0.327 e. The van der Waals surface area contributed by atoms with E-state index in [1.54, 1.807) is 0 Å². The minimum absolute atomic E-state index is 0.429. The van der Waals surface area contributed by atoms with Crippen molar-refractivity contribution in [3.63, 3.8) is 0 Å². The van der Waals surface area contributed by atoms with Crippen LogP contribution in [0.4, 0.5) is 0 Å². The molecular weight excluding hydrogens is 208 g/mol. The summed E-state index contributed by atoms with van der Waals surface area (Å²) in [7, 11) is 0. The molecule has 2 fully saturated rings. The van der Waals surface area contributed by atoms with Crippen LogP contribution in [0.3, 0.4) is 0 Å². The van der Waals surface area contributed by atoms with E-state index in [1.165, 1.54) is 5.56 Å². The Labute approximate surface area is 94.8 Å². The van der Waals surface area contributed by atoms with Crippen LogP contribution >= 0.6 is 11.6 Å². The molecule has 4 unspecified atom stereocenters. The topological polar surface area (TPSA) is 38.0 Å². The summed E-state index contributed by atoms with van der Waals surface area (Å²) in [4.78, 5) is 0. The van der Waals surface area contributed by atoms with Gasteiger partial charge in [0.25, 0.3) is 0 Å². The molecule has 3 N–H and O–H groups in total. The van der Waals surface area contributed by atoms with Gasteiger partial charge >= 0.3 is 0 Å². The van der Waals surface area contributed by atoms with Crippen LogP contribution in [0.15, 0.2) is 24.3 Å². The van der Waals surface area contributed by atoms with Crippen molar-refractivity contribution >= 4 is 11.6 Å². The lowest BCUT2D eigenvalue weighted by molar-refractivity contribution is 0.510.